The molecule has 1 aliphatic heterocycles. The van der Waals surface area contributed by atoms with Crippen LogP contribution in [0.2, 0.25) is 0 Å². The highest BCUT2D eigenvalue weighted by Gasteiger charge is 2.43. The third-order valence-corrected chi connectivity index (χ3v) is 4.92. The van der Waals surface area contributed by atoms with E-state index in [1.165, 1.54) is 5.57 Å². The first-order valence-corrected chi connectivity index (χ1v) is 7.91. The zero-order valence-corrected chi connectivity index (χ0v) is 13.6. The Hall–Kier alpha value is -1.32. The predicted molar refractivity (Wildman–Crippen MR) is 81.7 cm³/mol. The first-order valence-electron chi connectivity index (χ1n) is 7.91. The van der Waals surface area contributed by atoms with E-state index >= 15 is 0 Å². The third kappa shape index (κ3) is 3.47. The SMILES string of the molecule is CC1C[C@H](C(=O)N2CC=C(C(C)(C)C)CC2)[C@H](C(=O)O)C1. The Bertz CT molecular complexity index is 461. The van der Waals surface area contributed by atoms with Crippen molar-refractivity contribution < 1.29 is 14.7 Å². The quantitative estimate of drug-likeness (QED) is 0.796. The van der Waals surface area contributed by atoms with Gasteiger partial charge >= 0.3 is 5.97 Å². The molecule has 21 heavy (non-hydrogen) atoms. The molecule has 118 valence electrons. The first kappa shape index (κ1) is 16.1. The normalized spacial score (nSPS) is 30.2. The Balaban J connectivity index is 2.05. The summed E-state index contributed by atoms with van der Waals surface area (Å²) in [7, 11) is 0. The zero-order chi connectivity index (χ0) is 15.8. The maximum atomic E-state index is 12.7. The lowest BCUT2D eigenvalue weighted by Gasteiger charge is -2.34. The molecule has 2 rings (SSSR count). The van der Waals surface area contributed by atoms with Crippen LogP contribution < -0.4 is 0 Å². The Labute approximate surface area is 127 Å². The summed E-state index contributed by atoms with van der Waals surface area (Å²) in [4.78, 5) is 25.8. The molecule has 0 aromatic rings. The van der Waals surface area contributed by atoms with Crippen molar-refractivity contribution in [2.45, 2.75) is 47.0 Å². The fourth-order valence-corrected chi connectivity index (χ4v) is 3.62. The molecular weight excluding hydrogens is 266 g/mol. The van der Waals surface area contributed by atoms with Crippen LogP contribution >= 0.6 is 0 Å². The van der Waals surface area contributed by atoms with E-state index in [9.17, 15) is 14.7 Å². The average molecular weight is 293 g/mol. The van der Waals surface area contributed by atoms with Gasteiger partial charge in [0.1, 0.15) is 0 Å². The summed E-state index contributed by atoms with van der Waals surface area (Å²) in [5.41, 5.74) is 1.54. The molecule has 0 bridgehead atoms. The van der Waals surface area contributed by atoms with Crippen molar-refractivity contribution in [1.82, 2.24) is 4.90 Å². The van der Waals surface area contributed by atoms with Crippen molar-refractivity contribution in [3.05, 3.63) is 11.6 Å². The van der Waals surface area contributed by atoms with Gasteiger partial charge in [-0.05, 0) is 30.6 Å². The molecule has 2 aliphatic rings. The minimum Gasteiger partial charge on any atom is -0.481 e. The second kappa shape index (κ2) is 5.82. The molecule has 0 aromatic heterocycles. The number of rotatable bonds is 2. The fraction of sp³-hybridized carbons (Fsp3) is 0.765. The molecular formula is C17H27NO3. The van der Waals surface area contributed by atoms with Crippen molar-refractivity contribution >= 4 is 11.9 Å². The van der Waals surface area contributed by atoms with Crippen LogP contribution in [-0.2, 0) is 9.59 Å². The number of carbonyl (C=O) groups is 2. The molecule has 1 amide bonds. The van der Waals surface area contributed by atoms with E-state index in [-0.39, 0.29) is 17.2 Å². The number of carbonyl (C=O) groups excluding carboxylic acids is 1. The maximum Gasteiger partial charge on any atom is 0.307 e. The van der Waals surface area contributed by atoms with E-state index < -0.39 is 11.9 Å². The second-order valence-corrected chi connectivity index (χ2v) is 7.64. The largest absolute Gasteiger partial charge is 0.481 e. The van der Waals surface area contributed by atoms with Gasteiger partial charge in [-0.3, -0.25) is 9.59 Å². The predicted octanol–water partition coefficient (Wildman–Crippen LogP) is 2.94. The van der Waals surface area contributed by atoms with Gasteiger partial charge < -0.3 is 10.0 Å². The number of nitrogens with zero attached hydrogens (tertiary/aromatic N) is 1. The van der Waals surface area contributed by atoms with Crippen molar-refractivity contribution in [3.63, 3.8) is 0 Å². The Morgan fingerprint density at radius 3 is 2.33 bits per heavy atom. The van der Waals surface area contributed by atoms with E-state index in [1.54, 1.807) is 0 Å². The topological polar surface area (TPSA) is 57.6 Å². The number of amides is 1. The molecule has 0 aromatic carbocycles. The summed E-state index contributed by atoms with van der Waals surface area (Å²) in [6.07, 6.45) is 4.38. The molecule has 1 aliphatic carbocycles. The van der Waals surface area contributed by atoms with Crippen LogP contribution in [0.5, 0.6) is 0 Å². The standard InChI is InChI=1S/C17H27NO3/c1-11-9-13(14(10-11)16(20)21)15(19)18-7-5-12(6-8-18)17(2,3)4/h5,11,13-14H,6-10H2,1-4H3,(H,20,21)/t11?,13-,14+/m0/s1. The monoisotopic (exact) mass is 293 g/mol. The highest BCUT2D eigenvalue weighted by atomic mass is 16.4. The minimum absolute atomic E-state index is 0.0379. The van der Waals surface area contributed by atoms with Crippen molar-refractivity contribution in [2.24, 2.45) is 23.2 Å². The molecule has 1 unspecified atom stereocenters. The van der Waals surface area contributed by atoms with Crippen LogP contribution in [-0.4, -0.2) is 35.0 Å². The van der Waals surface area contributed by atoms with Crippen LogP contribution in [0, 0.1) is 23.2 Å². The van der Waals surface area contributed by atoms with Crippen molar-refractivity contribution in [3.8, 4) is 0 Å². The third-order valence-electron chi connectivity index (χ3n) is 4.92. The minimum atomic E-state index is -0.819. The van der Waals surface area contributed by atoms with Crippen molar-refractivity contribution in [1.29, 1.82) is 0 Å². The van der Waals surface area contributed by atoms with Gasteiger partial charge in [0.25, 0.3) is 0 Å². The van der Waals surface area contributed by atoms with Gasteiger partial charge in [-0.25, -0.2) is 0 Å². The molecule has 0 saturated heterocycles. The van der Waals surface area contributed by atoms with Gasteiger partial charge in [0.15, 0.2) is 0 Å². The van der Waals surface area contributed by atoms with E-state index in [1.807, 2.05) is 11.8 Å². The average Bonchev–Trinajstić information content (AvgIpc) is 2.79. The fourth-order valence-electron chi connectivity index (χ4n) is 3.62. The summed E-state index contributed by atoms with van der Waals surface area (Å²) in [5.74, 6) is -1.29. The van der Waals surface area contributed by atoms with E-state index in [0.29, 0.717) is 25.3 Å². The molecule has 0 radical (unpaired) electrons. The lowest BCUT2D eigenvalue weighted by Crippen LogP contribution is -2.42. The van der Waals surface area contributed by atoms with Gasteiger partial charge in [0.2, 0.25) is 5.91 Å². The molecule has 4 heteroatoms. The molecule has 1 heterocycles. The van der Waals surface area contributed by atoms with Crippen LogP contribution in [0.25, 0.3) is 0 Å². The zero-order valence-electron chi connectivity index (χ0n) is 13.6. The number of hydrogen-bond acceptors (Lipinski definition) is 2. The number of hydrogen-bond donors (Lipinski definition) is 1. The lowest BCUT2D eigenvalue weighted by atomic mass is 9.82. The van der Waals surface area contributed by atoms with Crippen LogP contribution in [0.1, 0.15) is 47.0 Å². The second-order valence-electron chi connectivity index (χ2n) is 7.64. The molecule has 4 nitrogen and oxygen atoms in total. The molecule has 1 fully saturated rings. The highest BCUT2D eigenvalue weighted by Crippen LogP contribution is 2.38. The van der Waals surface area contributed by atoms with Crippen LogP contribution in [0.4, 0.5) is 0 Å². The molecule has 3 atom stereocenters. The van der Waals surface area contributed by atoms with E-state index in [4.69, 9.17) is 0 Å². The summed E-state index contributed by atoms with van der Waals surface area (Å²) >= 11 is 0. The van der Waals surface area contributed by atoms with Gasteiger partial charge in [-0.2, -0.15) is 0 Å². The number of carboxylic acid groups (broad SMARTS) is 1. The van der Waals surface area contributed by atoms with Gasteiger partial charge in [-0.15, -0.1) is 0 Å². The summed E-state index contributed by atoms with van der Waals surface area (Å²) in [5, 5.41) is 9.31. The van der Waals surface area contributed by atoms with Crippen LogP contribution in [0.3, 0.4) is 0 Å². The lowest BCUT2D eigenvalue weighted by molar-refractivity contribution is -0.149. The van der Waals surface area contributed by atoms with Crippen molar-refractivity contribution in [2.75, 3.05) is 13.1 Å². The Morgan fingerprint density at radius 1 is 1.24 bits per heavy atom. The Kier molecular flexibility index (Phi) is 4.45. The maximum absolute atomic E-state index is 12.7. The molecule has 1 N–H and O–H groups in total. The smallest absolute Gasteiger partial charge is 0.307 e. The van der Waals surface area contributed by atoms with Crippen LogP contribution in [0.15, 0.2) is 11.6 Å². The van der Waals surface area contributed by atoms with Gasteiger partial charge in [0.05, 0.1) is 11.8 Å². The van der Waals surface area contributed by atoms with Gasteiger partial charge in [0, 0.05) is 13.1 Å². The van der Waals surface area contributed by atoms with Gasteiger partial charge in [-0.1, -0.05) is 39.3 Å². The number of aliphatic carboxylic acids is 1. The molecule has 1 saturated carbocycles. The summed E-state index contributed by atoms with van der Waals surface area (Å²) in [6.45, 7) is 9.96. The summed E-state index contributed by atoms with van der Waals surface area (Å²) < 4.78 is 0. The highest BCUT2D eigenvalue weighted by molar-refractivity contribution is 5.85. The van der Waals surface area contributed by atoms with E-state index in [0.717, 1.165) is 13.0 Å². The summed E-state index contributed by atoms with van der Waals surface area (Å²) in [6, 6.07) is 0. The molecule has 0 spiro atoms. The first-order chi connectivity index (χ1) is 9.70. The van der Waals surface area contributed by atoms with E-state index in [2.05, 4.69) is 26.8 Å². The Morgan fingerprint density at radius 2 is 1.86 bits per heavy atom. The number of carboxylic acids is 1.